The Labute approximate surface area is 104 Å². The van der Waals surface area contributed by atoms with Gasteiger partial charge in [0.25, 0.3) is 0 Å². The molecule has 1 aliphatic rings. The van der Waals surface area contributed by atoms with E-state index in [1.165, 1.54) is 31.2 Å². The highest BCUT2D eigenvalue weighted by Gasteiger charge is 2.22. The van der Waals surface area contributed by atoms with Crippen LogP contribution in [-0.4, -0.2) is 23.8 Å². The van der Waals surface area contributed by atoms with Crippen molar-refractivity contribution in [3.63, 3.8) is 0 Å². The topological polar surface area (TPSA) is 32.3 Å². The molecule has 2 N–H and O–H groups in total. The third-order valence-corrected chi connectivity index (χ3v) is 3.79. The molecule has 17 heavy (non-hydrogen) atoms. The Morgan fingerprint density at radius 3 is 2.41 bits per heavy atom. The Kier molecular flexibility index (Phi) is 4.57. The van der Waals surface area contributed by atoms with Crippen molar-refractivity contribution in [2.24, 2.45) is 0 Å². The van der Waals surface area contributed by atoms with Gasteiger partial charge in [0, 0.05) is 12.1 Å². The van der Waals surface area contributed by atoms with Crippen molar-refractivity contribution in [1.82, 2.24) is 5.32 Å². The lowest BCUT2D eigenvalue weighted by Gasteiger charge is -2.31. The lowest BCUT2D eigenvalue weighted by molar-refractivity contribution is 0.224. The lowest BCUT2D eigenvalue weighted by atomic mass is 9.81. The third-order valence-electron chi connectivity index (χ3n) is 3.79. The highest BCUT2D eigenvalue weighted by atomic mass is 16.3. The Balaban J connectivity index is 1.82. The van der Waals surface area contributed by atoms with E-state index < -0.39 is 0 Å². The molecule has 1 aromatic carbocycles. The van der Waals surface area contributed by atoms with Crippen molar-refractivity contribution in [2.45, 2.75) is 50.6 Å². The number of rotatable bonds is 4. The van der Waals surface area contributed by atoms with Gasteiger partial charge >= 0.3 is 0 Å². The first-order chi connectivity index (χ1) is 8.29. The van der Waals surface area contributed by atoms with Crippen LogP contribution in [0.15, 0.2) is 30.3 Å². The summed E-state index contributed by atoms with van der Waals surface area (Å²) < 4.78 is 0. The quantitative estimate of drug-likeness (QED) is 0.838. The zero-order valence-electron chi connectivity index (χ0n) is 10.6. The average Bonchev–Trinajstić information content (AvgIpc) is 2.40. The largest absolute Gasteiger partial charge is 0.395 e. The molecule has 2 heteroatoms. The second-order valence-corrected chi connectivity index (χ2v) is 5.21. The van der Waals surface area contributed by atoms with E-state index in [0.29, 0.717) is 6.04 Å². The number of hydrogen-bond donors (Lipinski definition) is 2. The van der Waals surface area contributed by atoms with Gasteiger partial charge in [-0.2, -0.15) is 0 Å². The van der Waals surface area contributed by atoms with Crippen LogP contribution in [0.4, 0.5) is 0 Å². The standard InChI is InChI=1S/C15H23NO/c1-12(11-17)16-15-9-7-14(8-10-15)13-5-3-2-4-6-13/h2-6,12,14-17H,7-11H2,1H3/t12-,14?,15?/m1/s1. The van der Waals surface area contributed by atoms with Crippen LogP contribution in [0.25, 0.3) is 0 Å². The zero-order chi connectivity index (χ0) is 12.1. The Hall–Kier alpha value is -0.860. The Morgan fingerprint density at radius 2 is 1.82 bits per heavy atom. The summed E-state index contributed by atoms with van der Waals surface area (Å²) in [6.07, 6.45) is 4.98. The summed E-state index contributed by atoms with van der Waals surface area (Å²) in [5, 5.41) is 12.5. The maximum absolute atomic E-state index is 9.03. The third kappa shape index (κ3) is 3.55. The summed E-state index contributed by atoms with van der Waals surface area (Å²) in [5.74, 6) is 0.735. The molecule has 0 heterocycles. The van der Waals surface area contributed by atoms with Crippen molar-refractivity contribution in [2.75, 3.05) is 6.61 Å². The molecule has 1 aromatic rings. The van der Waals surface area contributed by atoms with Crippen molar-refractivity contribution in [3.05, 3.63) is 35.9 Å². The minimum atomic E-state index is 0.230. The van der Waals surface area contributed by atoms with Crippen LogP contribution in [0.3, 0.4) is 0 Å². The predicted molar refractivity (Wildman–Crippen MR) is 71.1 cm³/mol. The maximum Gasteiger partial charge on any atom is 0.0582 e. The first kappa shape index (κ1) is 12.6. The van der Waals surface area contributed by atoms with E-state index in [9.17, 15) is 0 Å². The molecular weight excluding hydrogens is 210 g/mol. The number of aliphatic hydroxyl groups is 1. The van der Waals surface area contributed by atoms with Crippen molar-refractivity contribution >= 4 is 0 Å². The molecule has 1 atom stereocenters. The Morgan fingerprint density at radius 1 is 1.18 bits per heavy atom. The minimum absolute atomic E-state index is 0.230. The molecule has 0 unspecified atom stereocenters. The highest BCUT2D eigenvalue weighted by Crippen LogP contribution is 2.32. The number of hydrogen-bond acceptors (Lipinski definition) is 2. The molecule has 0 amide bonds. The first-order valence-electron chi connectivity index (χ1n) is 6.71. The average molecular weight is 233 g/mol. The summed E-state index contributed by atoms with van der Waals surface area (Å²) >= 11 is 0. The normalized spacial score (nSPS) is 26.7. The second kappa shape index (κ2) is 6.18. The molecule has 1 saturated carbocycles. The molecule has 1 aliphatic carbocycles. The van der Waals surface area contributed by atoms with Gasteiger partial charge in [0.15, 0.2) is 0 Å². The summed E-state index contributed by atoms with van der Waals surface area (Å²) in [4.78, 5) is 0. The molecule has 1 fully saturated rings. The van der Waals surface area contributed by atoms with E-state index in [1.807, 2.05) is 6.92 Å². The minimum Gasteiger partial charge on any atom is -0.395 e. The molecule has 0 bridgehead atoms. The van der Waals surface area contributed by atoms with Gasteiger partial charge in [-0.25, -0.2) is 0 Å². The molecule has 0 saturated heterocycles. The van der Waals surface area contributed by atoms with Crippen molar-refractivity contribution in [1.29, 1.82) is 0 Å². The van der Waals surface area contributed by atoms with Gasteiger partial charge < -0.3 is 10.4 Å². The summed E-state index contributed by atoms with van der Waals surface area (Å²) in [7, 11) is 0. The molecule has 0 aromatic heterocycles. The van der Waals surface area contributed by atoms with Gasteiger partial charge in [0.1, 0.15) is 0 Å². The summed E-state index contributed by atoms with van der Waals surface area (Å²) in [5.41, 5.74) is 1.49. The molecule has 2 nitrogen and oxygen atoms in total. The van der Waals surface area contributed by atoms with Crippen molar-refractivity contribution in [3.8, 4) is 0 Å². The lowest BCUT2D eigenvalue weighted by Crippen LogP contribution is -2.40. The number of aliphatic hydroxyl groups excluding tert-OH is 1. The molecule has 94 valence electrons. The second-order valence-electron chi connectivity index (χ2n) is 5.21. The van der Waals surface area contributed by atoms with E-state index in [4.69, 9.17) is 5.11 Å². The van der Waals surface area contributed by atoms with Crippen LogP contribution >= 0.6 is 0 Å². The van der Waals surface area contributed by atoms with Gasteiger partial charge in [-0.05, 0) is 44.1 Å². The van der Waals surface area contributed by atoms with E-state index in [0.717, 1.165) is 5.92 Å². The first-order valence-corrected chi connectivity index (χ1v) is 6.71. The van der Waals surface area contributed by atoms with E-state index in [-0.39, 0.29) is 12.6 Å². The fourth-order valence-corrected chi connectivity index (χ4v) is 2.77. The van der Waals surface area contributed by atoms with Gasteiger partial charge in [-0.3, -0.25) is 0 Å². The van der Waals surface area contributed by atoms with Crippen LogP contribution in [0.1, 0.15) is 44.1 Å². The zero-order valence-corrected chi connectivity index (χ0v) is 10.6. The van der Waals surface area contributed by atoms with Crippen LogP contribution in [-0.2, 0) is 0 Å². The van der Waals surface area contributed by atoms with Gasteiger partial charge in [-0.1, -0.05) is 30.3 Å². The van der Waals surface area contributed by atoms with Crippen LogP contribution in [0.5, 0.6) is 0 Å². The van der Waals surface area contributed by atoms with Crippen LogP contribution in [0, 0.1) is 0 Å². The van der Waals surface area contributed by atoms with Gasteiger partial charge in [0.05, 0.1) is 6.61 Å². The smallest absolute Gasteiger partial charge is 0.0582 e. The molecule has 0 aliphatic heterocycles. The van der Waals surface area contributed by atoms with E-state index >= 15 is 0 Å². The molecule has 2 rings (SSSR count). The monoisotopic (exact) mass is 233 g/mol. The highest BCUT2D eigenvalue weighted by molar-refractivity contribution is 5.20. The van der Waals surface area contributed by atoms with Gasteiger partial charge in [-0.15, -0.1) is 0 Å². The van der Waals surface area contributed by atoms with E-state index in [2.05, 4.69) is 35.6 Å². The van der Waals surface area contributed by atoms with Crippen LogP contribution in [0.2, 0.25) is 0 Å². The summed E-state index contributed by atoms with van der Waals surface area (Å²) in [6.45, 7) is 2.28. The number of nitrogens with one attached hydrogen (secondary N) is 1. The number of benzene rings is 1. The molecule has 0 spiro atoms. The SMILES string of the molecule is C[C@H](CO)NC1CCC(c2ccccc2)CC1. The molecule has 0 radical (unpaired) electrons. The fourth-order valence-electron chi connectivity index (χ4n) is 2.77. The maximum atomic E-state index is 9.03. The Bertz CT molecular complexity index is 317. The summed E-state index contributed by atoms with van der Waals surface area (Å²) in [6, 6.07) is 11.7. The fraction of sp³-hybridized carbons (Fsp3) is 0.600. The van der Waals surface area contributed by atoms with Crippen LogP contribution < -0.4 is 5.32 Å². The van der Waals surface area contributed by atoms with E-state index in [1.54, 1.807) is 0 Å². The predicted octanol–water partition coefficient (Wildman–Crippen LogP) is 2.68. The van der Waals surface area contributed by atoms with Gasteiger partial charge in [0.2, 0.25) is 0 Å². The molecular formula is C15H23NO. The van der Waals surface area contributed by atoms with Crippen molar-refractivity contribution < 1.29 is 5.11 Å².